The summed E-state index contributed by atoms with van der Waals surface area (Å²) in [5, 5.41) is 5.39. The predicted octanol–water partition coefficient (Wildman–Crippen LogP) is 5.44. The van der Waals surface area contributed by atoms with Gasteiger partial charge in [-0.05, 0) is 48.9 Å². The molecule has 0 atom stereocenters. The van der Waals surface area contributed by atoms with Crippen LogP contribution in [0.3, 0.4) is 0 Å². The van der Waals surface area contributed by atoms with E-state index in [1.807, 2.05) is 73.7 Å². The number of ether oxygens (including phenoxy) is 2. The molecule has 0 aliphatic heterocycles. The summed E-state index contributed by atoms with van der Waals surface area (Å²) in [5.74, 6) is 1.15. The molecule has 0 fully saturated rings. The lowest BCUT2D eigenvalue weighted by atomic mass is 10.2. The van der Waals surface area contributed by atoms with E-state index in [2.05, 4.69) is 20.5 Å². The molecule has 2 N–H and O–H groups in total. The van der Waals surface area contributed by atoms with Crippen molar-refractivity contribution < 1.29 is 14.3 Å². The predicted molar refractivity (Wildman–Crippen MR) is 136 cm³/mol. The van der Waals surface area contributed by atoms with Gasteiger partial charge in [-0.25, -0.2) is 10.4 Å². The molecule has 1 aromatic heterocycles. The number of imidazole rings is 1. The molecular formula is C25H23ClN4O3S. The van der Waals surface area contributed by atoms with Gasteiger partial charge in [0.15, 0.2) is 16.7 Å². The number of nitrogens with one attached hydrogen (secondary N) is 2. The molecule has 4 aromatic rings. The van der Waals surface area contributed by atoms with Gasteiger partial charge in [-0.2, -0.15) is 5.10 Å². The molecule has 174 valence electrons. The summed E-state index contributed by atoms with van der Waals surface area (Å²) in [6.07, 6.45) is 1.56. The summed E-state index contributed by atoms with van der Waals surface area (Å²) in [6.45, 7) is 2.71. The van der Waals surface area contributed by atoms with E-state index in [0.717, 1.165) is 22.2 Å². The fourth-order valence-electron chi connectivity index (χ4n) is 3.11. The number of hydrogen-bond acceptors (Lipinski definition) is 6. The Morgan fingerprint density at radius 2 is 1.94 bits per heavy atom. The zero-order valence-corrected chi connectivity index (χ0v) is 20.0. The number of amides is 1. The first-order valence-corrected chi connectivity index (χ1v) is 12.0. The van der Waals surface area contributed by atoms with E-state index in [4.69, 9.17) is 21.1 Å². The normalized spacial score (nSPS) is 11.1. The van der Waals surface area contributed by atoms with E-state index in [1.165, 1.54) is 11.8 Å². The maximum atomic E-state index is 12.1. The second-order valence-electron chi connectivity index (χ2n) is 7.16. The van der Waals surface area contributed by atoms with Crippen LogP contribution in [0.4, 0.5) is 0 Å². The van der Waals surface area contributed by atoms with Crippen molar-refractivity contribution in [2.75, 3.05) is 12.4 Å². The van der Waals surface area contributed by atoms with Gasteiger partial charge in [-0.3, -0.25) is 4.79 Å². The monoisotopic (exact) mass is 494 g/mol. The lowest BCUT2D eigenvalue weighted by Crippen LogP contribution is -2.19. The first kappa shape index (κ1) is 23.7. The van der Waals surface area contributed by atoms with Crippen molar-refractivity contribution in [2.24, 2.45) is 5.10 Å². The highest BCUT2D eigenvalue weighted by Gasteiger charge is 2.09. The van der Waals surface area contributed by atoms with Crippen LogP contribution in [0.1, 0.15) is 18.1 Å². The van der Waals surface area contributed by atoms with Gasteiger partial charge in [0.2, 0.25) is 0 Å². The quantitative estimate of drug-likeness (QED) is 0.174. The number of hydrogen-bond donors (Lipinski definition) is 2. The van der Waals surface area contributed by atoms with Gasteiger partial charge in [0.1, 0.15) is 6.61 Å². The van der Waals surface area contributed by atoms with Gasteiger partial charge in [0.25, 0.3) is 5.91 Å². The number of thioether (sulfide) groups is 1. The maximum absolute atomic E-state index is 12.1. The number of hydrazone groups is 1. The highest BCUT2D eigenvalue weighted by Crippen LogP contribution is 2.29. The third-order valence-corrected chi connectivity index (χ3v) is 5.96. The molecule has 34 heavy (non-hydrogen) atoms. The molecule has 4 rings (SSSR count). The van der Waals surface area contributed by atoms with Gasteiger partial charge in [-0.15, -0.1) is 0 Å². The zero-order chi connectivity index (χ0) is 23.8. The molecule has 9 heteroatoms. The number of rotatable bonds is 10. The van der Waals surface area contributed by atoms with E-state index in [0.29, 0.717) is 34.9 Å². The molecule has 0 saturated heterocycles. The molecule has 0 aliphatic rings. The van der Waals surface area contributed by atoms with Crippen molar-refractivity contribution in [1.29, 1.82) is 0 Å². The van der Waals surface area contributed by atoms with Crippen molar-refractivity contribution in [3.8, 4) is 11.5 Å². The van der Waals surface area contributed by atoms with Gasteiger partial charge < -0.3 is 14.5 Å². The standard InChI is InChI=1S/C25H23ClN4O3S/c1-2-32-23-13-17(11-12-22(23)33-15-18-7-3-4-8-19(18)26)14-27-30-24(31)16-34-25-28-20-9-5-6-10-21(20)29-25/h3-14H,2,15-16H2,1H3,(H,28,29)(H,30,31)/b27-14+. The molecule has 0 saturated carbocycles. The van der Waals surface area contributed by atoms with Crippen LogP contribution in [0.2, 0.25) is 5.02 Å². The van der Waals surface area contributed by atoms with E-state index in [-0.39, 0.29) is 11.7 Å². The van der Waals surface area contributed by atoms with Crippen molar-refractivity contribution in [2.45, 2.75) is 18.7 Å². The van der Waals surface area contributed by atoms with Gasteiger partial charge >= 0.3 is 0 Å². The van der Waals surface area contributed by atoms with Crippen LogP contribution >= 0.6 is 23.4 Å². The van der Waals surface area contributed by atoms with Crippen LogP contribution in [0, 0.1) is 0 Å². The summed E-state index contributed by atoms with van der Waals surface area (Å²) in [6, 6.07) is 20.7. The minimum atomic E-state index is -0.230. The first-order chi connectivity index (χ1) is 16.6. The van der Waals surface area contributed by atoms with E-state index in [9.17, 15) is 4.79 Å². The lowest BCUT2D eigenvalue weighted by molar-refractivity contribution is -0.118. The van der Waals surface area contributed by atoms with Crippen LogP contribution < -0.4 is 14.9 Å². The SMILES string of the molecule is CCOc1cc(/C=N/NC(=O)CSc2nc3ccccc3[nH]2)ccc1OCc1ccccc1Cl. The highest BCUT2D eigenvalue weighted by atomic mass is 35.5. The Kier molecular flexibility index (Phi) is 8.06. The molecule has 0 radical (unpaired) electrons. The molecule has 1 amide bonds. The smallest absolute Gasteiger partial charge is 0.250 e. The summed E-state index contributed by atoms with van der Waals surface area (Å²) in [4.78, 5) is 19.8. The Bertz CT molecular complexity index is 1280. The minimum absolute atomic E-state index is 0.191. The number of fused-ring (bicyclic) bond motifs is 1. The number of para-hydroxylation sites is 2. The summed E-state index contributed by atoms with van der Waals surface area (Å²) < 4.78 is 11.6. The van der Waals surface area contributed by atoms with Gasteiger partial charge in [0.05, 0.1) is 29.6 Å². The van der Waals surface area contributed by atoms with Crippen molar-refractivity contribution in [1.82, 2.24) is 15.4 Å². The van der Waals surface area contributed by atoms with E-state index >= 15 is 0 Å². The number of benzene rings is 3. The number of nitrogens with zero attached hydrogens (tertiary/aromatic N) is 2. The van der Waals surface area contributed by atoms with E-state index in [1.54, 1.807) is 6.21 Å². The van der Waals surface area contributed by atoms with Crippen LogP contribution in [0.5, 0.6) is 11.5 Å². The topological polar surface area (TPSA) is 88.6 Å². The van der Waals surface area contributed by atoms with Crippen molar-refractivity contribution in [3.63, 3.8) is 0 Å². The Morgan fingerprint density at radius 1 is 1.12 bits per heavy atom. The molecule has 7 nitrogen and oxygen atoms in total. The average Bonchev–Trinajstić information content (AvgIpc) is 3.26. The second-order valence-corrected chi connectivity index (χ2v) is 8.53. The maximum Gasteiger partial charge on any atom is 0.250 e. The first-order valence-electron chi connectivity index (χ1n) is 10.6. The summed E-state index contributed by atoms with van der Waals surface area (Å²) in [5.41, 5.74) is 5.99. The molecular weight excluding hydrogens is 472 g/mol. The summed E-state index contributed by atoms with van der Waals surface area (Å²) >= 11 is 7.52. The third-order valence-electron chi connectivity index (χ3n) is 4.72. The zero-order valence-electron chi connectivity index (χ0n) is 18.5. The van der Waals surface area contributed by atoms with Crippen LogP contribution in [-0.2, 0) is 11.4 Å². The van der Waals surface area contributed by atoms with Crippen LogP contribution in [0.15, 0.2) is 77.0 Å². The fourth-order valence-corrected chi connectivity index (χ4v) is 3.97. The van der Waals surface area contributed by atoms with E-state index < -0.39 is 0 Å². The average molecular weight is 495 g/mol. The molecule has 0 unspecified atom stereocenters. The fraction of sp³-hybridized carbons (Fsp3) is 0.160. The van der Waals surface area contributed by atoms with Crippen molar-refractivity contribution in [3.05, 3.63) is 82.9 Å². The number of aromatic nitrogens is 2. The number of aromatic amines is 1. The third kappa shape index (κ3) is 6.30. The minimum Gasteiger partial charge on any atom is -0.490 e. The number of carbonyl (C=O) groups excluding carboxylic acids is 1. The lowest BCUT2D eigenvalue weighted by Gasteiger charge is -2.13. The van der Waals surface area contributed by atoms with Crippen molar-refractivity contribution >= 4 is 46.5 Å². The largest absolute Gasteiger partial charge is 0.490 e. The molecule has 0 bridgehead atoms. The molecule has 1 heterocycles. The number of H-pyrrole nitrogens is 1. The highest BCUT2D eigenvalue weighted by molar-refractivity contribution is 7.99. The Hall–Kier alpha value is -3.49. The van der Waals surface area contributed by atoms with Gasteiger partial charge in [0, 0.05) is 10.6 Å². The van der Waals surface area contributed by atoms with Crippen LogP contribution in [0.25, 0.3) is 11.0 Å². The molecule has 0 aliphatic carbocycles. The second kappa shape index (κ2) is 11.6. The Balaban J connectivity index is 1.32. The molecule has 3 aromatic carbocycles. The summed E-state index contributed by atoms with van der Waals surface area (Å²) in [7, 11) is 0. The number of carbonyl (C=O) groups is 1. The molecule has 0 spiro atoms. The Morgan fingerprint density at radius 3 is 2.76 bits per heavy atom. The Labute approximate surface area is 206 Å². The number of halogens is 1. The van der Waals surface area contributed by atoms with Gasteiger partial charge in [-0.1, -0.05) is 53.7 Å². The van der Waals surface area contributed by atoms with Crippen LogP contribution in [-0.4, -0.2) is 34.4 Å².